The van der Waals surface area contributed by atoms with Crippen LogP contribution in [0.4, 0.5) is 0 Å². The molecule has 0 aliphatic carbocycles. The molecule has 0 aromatic rings. The number of carbonyl (C=O) groups is 1. The van der Waals surface area contributed by atoms with Gasteiger partial charge in [0.2, 0.25) is 0 Å². The van der Waals surface area contributed by atoms with E-state index in [4.69, 9.17) is 9.47 Å². The van der Waals surface area contributed by atoms with Gasteiger partial charge in [0.05, 0.1) is 19.1 Å². The van der Waals surface area contributed by atoms with E-state index in [1.54, 1.807) is 0 Å². The van der Waals surface area contributed by atoms with E-state index in [0.29, 0.717) is 6.61 Å². The molecule has 0 unspecified atom stereocenters. The molecule has 0 bridgehead atoms. The highest BCUT2D eigenvalue weighted by Gasteiger charge is 2.13. The largest absolute Gasteiger partial charge is 0.464 e. The van der Waals surface area contributed by atoms with Crippen LogP contribution in [0.25, 0.3) is 0 Å². The lowest BCUT2D eigenvalue weighted by Crippen LogP contribution is -2.38. The molecule has 0 aromatic heterocycles. The van der Waals surface area contributed by atoms with E-state index in [-0.39, 0.29) is 11.9 Å². The first-order chi connectivity index (χ1) is 8.65. The van der Waals surface area contributed by atoms with Crippen LogP contribution < -0.4 is 0 Å². The third kappa shape index (κ3) is 8.48. The van der Waals surface area contributed by atoms with Crippen LogP contribution in [0.5, 0.6) is 0 Å². The molecule has 1 fully saturated rings. The van der Waals surface area contributed by atoms with Crippen molar-refractivity contribution in [1.29, 1.82) is 0 Å². The second-order valence-electron chi connectivity index (χ2n) is 4.64. The Bertz CT molecular complexity index is 203. The topological polar surface area (TPSA) is 38.8 Å². The van der Waals surface area contributed by atoms with E-state index in [1.165, 1.54) is 6.42 Å². The minimum Gasteiger partial charge on any atom is -0.464 e. The van der Waals surface area contributed by atoms with Gasteiger partial charge in [-0.05, 0) is 6.42 Å². The van der Waals surface area contributed by atoms with Crippen LogP contribution in [0, 0.1) is 5.92 Å². The lowest BCUT2D eigenvalue weighted by atomic mass is 10.1. The number of morpholine rings is 1. The van der Waals surface area contributed by atoms with Gasteiger partial charge in [-0.15, -0.1) is 0 Å². The number of ether oxygens (including phenoxy) is 2. The third-order valence-electron chi connectivity index (χ3n) is 2.77. The zero-order valence-electron chi connectivity index (χ0n) is 12.4. The number of hydrogen-bond acceptors (Lipinski definition) is 4. The van der Waals surface area contributed by atoms with Crippen molar-refractivity contribution in [1.82, 2.24) is 4.90 Å². The van der Waals surface area contributed by atoms with Gasteiger partial charge in [-0.1, -0.05) is 34.1 Å². The first kappa shape index (κ1) is 17.4. The van der Waals surface area contributed by atoms with Gasteiger partial charge in [0, 0.05) is 19.6 Å². The first-order valence-corrected chi connectivity index (χ1v) is 7.12. The summed E-state index contributed by atoms with van der Waals surface area (Å²) in [5, 5.41) is 0. The second kappa shape index (κ2) is 11.5. The second-order valence-corrected chi connectivity index (χ2v) is 4.64. The van der Waals surface area contributed by atoms with Crippen LogP contribution in [-0.4, -0.2) is 50.3 Å². The molecule has 0 amide bonds. The van der Waals surface area contributed by atoms with Crippen molar-refractivity contribution in [2.24, 2.45) is 5.92 Å². The number of nitrogens with zero attached hydrogens (tertiary/aromatic N) is 1. The molecule has 1 saturated heterocycles. The molecule has 4 nitrogen and oxygen atoms in total. The highest BCUT2D eigenvalue weighted by atomic mass is 16.5. The summed E-state index contributed by atoms with van der Waals surface area (Å²) in [7, 11) is 0. The maximum absolute atomic E-state index is 11.4. The molecule has 0 spiro atoms. The lowest BCUT2D eigenvalue weighted by Gasteiger charge is -2.26. The summed E-state index contributed by atoms with van der Waals surface area (Å²) in [6.07, 6.45) is 2.09. The maximum Gasteiger partial charge on any atom is 0.308 e. The summed E-state index contributed by atoms with van der Waals surface area (Å²) >= 11 is 0. The van der Waals surface area contributed by atoms with Crippen molar-refractivity contribution in [2.75, 3.05) is 39.5 Å². The van der Waals surface area contributed by atoms with Gasteiger partial charge >= 0.3 is 5.97 Å². The smallest absolute Gasteiger partial charge is 0.308 e. The van der Waals surface area contributed by atoms with Gasteiger partial charge in [-0.3, -0.25) is 9.69 Å². The zero-order chi connectivity index (χ0) is 13.8. The normalized spacial score (nSPS) is 17.6. The third-order valence-corrected chi connectivity index (χ3v) is 2.77. The molecule has 0 aromatic carbocycles. The van der Waals surface area contributed by atoms with Crippen molar-refractivity contribution in [3.8, 4) is 0 Å². The average molecular weight is 259 g/mol. The summed E-state index contributed by atoms with van der Waals surface area (Å²) in [6.45, 7) is 12.9. The molecular weight excluding hydrogens is 230 g/mol. The zero-order valence-corrected chi connectivity index (χ0v) is 12.4. The summed E-state index contributed by atoms with van der Waals surface area (Å²) in [6, 6.07) is 0. The van der Waals surface area contributed by atoms with Gasteiger partial charge in [-0.2, -0.15) is 0 Å². The van der Waals surface area contributed by atoms with E-state index in [9.17, 15) is 4.79 Å². The van der Waals surface area contributed by atoms with Gasteiger partial charge in [0.25, 0.3) is 0 Å². The predicted molar refractivity (Wildman–Crippen MR) is 73.6 cm³/mol. The lowest BCUT2D eigenvalue weighted by molar-refractivity contribution is -0.148. The molecule has 4 heteroatoms. The van der Waals surface area contributed by atoms with Crippen molar-refractivity contribution in [2.45, 2.75) is 40.5 Å². The van der Waals surface area contributed by atoms with Crippen LogP contribution >= 0.6 is 0 Å². The van der Waals surface area contributed by atoms with E-state index < -0.39 is 0 Å². The maximum atomic E-state index is 11.4. The van der Waals surface area contributed by atoms with Crippen molar-refractivity contribution < 1.29 is 14.3 Å². The molecule has 18 heavy (non-hydrogen) atoms. The Morgan fingerprint density at radius 2 is 1.83 bits per heavy atom. The summed E-state index contributed by atoms with van der Waals surface area (Å²) in [4.78, 5) is 13.6. The molecule has 1 aliphatic heterocycles. The van der Waals surface area contributed by atoms with E-state index in [1.807, 2.05) is 13.8 Å². The standard InChI is InChI=1S/C11H21NO3.C3H8/c1-3-10(2)11(13)15-9-6-12-4-7-14-8-5-12;1-3-2/h10H,3-9H2,1-2H3;3H2,1-2H3/t10-;/m1./s1. The molecule has 0 N–H and O–H groups in total. The molecule has 1 atom stereocenters. The minimum atomic E-state index is -0.0780. The molecular formula is C14H29NO3. The van der Waals surface area contributed by atoms with Gasteiger partial charge < -0.3 is 9.47 Å². The highest BCUT2D eigenvalue weighted by molar-refractivity contribution is 5.71. The molecule has 1 heterocycles. The number of hydrogen-bond donors (Lipinski definition) is 0. The Morgan fingerprint density at radius 3 is 2.33 bits per heavy atom. The Balaban J connectivity index is 0.000000873. The molecule has 108 valence electrons. The Labute approximate surface area is 112 Å². The first-order valence-electron chi connectivity index (χ1n) is 7.12. The van der Waals surface area contributed by atoms with Crippen molar-refractivity contribution in [3.05, 3.63) is 0 Å². The monoisotopic (exact) mass is 259 g/mol. The van der Waals surface area contributed by atoms with Crippen LogP contribution in [0.3, 0.4) is 0 Å². The van der Waals surface area contributed by atoms with Gasteiger partial charge in [-0.25, -0.2) is 0 Å². The predicted octanol–water partition coefficient (Wildman–Crippen LogP) is 2.32. The van der Waals surface area contributed by atoms with E-state index >= 15 is 0 Å². The molecule has 1 rings (SSSR count). The fourth-order valence-corrected chi connectivity index (χ4v) is 1.41. The quantitative estimate of drug-likeness (QED) is 0.710. The van der Waals surface area contributed by atoms with E-state index in [2.05, 4.69) is 18.7 Å². The van der Waals surface area contributed by atoms with Crippen LogP contribution in [0.2, 0.25) is 0 Å². The fraction of sp³-hybridized carbons (Fsp3) is 0.929. The SMILES string of the molecule is CCC.CC[C@@H](C)C(=O)OCCN1CCOCC1. The number of carbonyl (C=O) groups excluding carboxylic acids is 1. The highest BCUT2D eigenvalue weighted by Crippen LogP contribution is 2.03. The summed E-state index contributed by atoms with van der Waals surface area (Å²) in [5.74, 6) is -0.0551. The van der Waals surface area contributed by atoms with Crippen molar-refractivity contribution in [3.63, 3.8) is 0 Å². The van der Waals surface area contributed by atoms with Gasteiger partial charge in [0.1, 0.15) is 6.61 Å². The Morgan fingerprint density at radius 1 is 1.28 bits per heavy atom. The molecule has 1 aliphatic rings. The molecule has 0 radical (unpaired) electrons. The van der Waals surface area contributed by atoms with Crippen LogP contribution in [0.15, 0.2) is 0 Å². The van der Waals surface area contributed by atoms with Gasteiger partial charge in [0.15, 0.2) is 0 Å². The molecule has 0 saturated carbocycles. The summed E-state index contributed by atoms with van der Waals surface area (Å²) < 4.78 is 10.4. The van der Waals surface area contributed by atoms with Crippen molar-refractivity contribution >= 4 is 5.97 Å². The average Bonchev–Trinajstić information content (AvgIpc) is 2.40. The summed E-state index contributed by atoms with van der Waals surface area (Å²) in [5.41, 5.74) is 0. The van der Waals surface area contributed by atoms with Crippen LogP contribution in [0.1, 0.15) is 40.5 Å². The minimum absolute atomic E-state index is 0.0229. The Kier molecular flexibility index (Phi) is 11.1. The number of rotatable bonds is 5. The van der Waals surface area contributed by atoms with E-state index in [0.717, 1.165) is 39.3 Å². The Hall–Kier alpha value is -0.610. The fourth-order valence-electron chi connectivity index (χ4n) is 1.41. The van der Waals surface area contributed by atoms with Crippen LogP contribution in [-0.2, 0) is 14.3 Å². The number of esters is 1.